The van der Waals surface area contributed by atoms with Crippen LogP contribution < -0.4 is 0 Å². The summed E-state index contributed by atoms with van der Waals surface area (Å²) < 4.78 is 0. The Kier molecular flexibility index (Phi) is 4.44. The molecule has 7 rings (SSSR count). The van der Waals surface area contributed by atoms with E-state index in [0.29, 0.717) is 11.3 Å². The van der Waals surface area contributed by atoms with Gasteiger partial charge in [0.2, 0.25) is 0 Å². The van der Waals surface area contributed by atoms with Gasteiger partial charge in [-0.1, -0.05) is 80.6 Å². The topological polar surface area (TPSA) is 12.9 Å². The number of aromatic nitrogens is 1. The number of hydrogen-bond donors (Lipinski definition) is 0. The van der Waals surface area contributed by atoms with Crippen LogP contribution in [0, 0.1) is 11.3 Å². The fourth-order valence-electron chi connectivity index (χ4n) is 5.72. The Balaban J connectivity index is 1.43. The van der Waals surface area contributed by atoms with Crippen LogP contribution in [0.4, 0.5) is 0 Å². The molecule has 4 aromatic rings. The van der Waals surface area contributed by atoms with E-state index in [4.69, 9.17) is 4.98 Å². The van der Waals surface area contributed by atoms with Gasteiger partial charge >= 0.3 is 0 Å². The largest absolute Gasteiger partial charge is 0.257 e. The summed E-state index contributed by atoms with van der Waals surface area (Å²) in [6, 6.07) is 31.2. The first-order valence-electron chi connectivity index (χ1n) is 11.4. The van der Waals surface area contributed by atoms with Crippen LogP contribution in [0.3, 0.4) is 0 Å². The first-order valence-corrected chi connectivity index (χ1v) is 12.9. The van der Waals surface area contributed by atoms with E-state index in [9.17, 15) is 0 Å². The van der Waals surface area contributed by atoms with Gasteiger partial charge in [-0.05, 0) is 59.1 Å². The highest BCUT2D eigenvalue weighted by Crippen LogP contribution is 2.61. The van der Waals surface area contributed by atoms with Crippen molar-refractivity contribution in [3.05, 3.63) is 102 Å². The third-order valence-corrected chi connectivity index (χ3v) is 10.4. The number of rotatable bonds is 4. The summed E-state index contributed by atoms with van der Waals surface area (Å²) in [5, 5.41) is 2.94. The van der Waals surface area contributed by atoms with Crippen LogP contribution in [0.15, 0.2) is 84.9 Å². The molecule has 0 N–H and O–H groups in total. The minimum absolute atomic E-state index is 0.418. The van der Waals surface area contributed by atoms with Gasteiger partial charge < -0.3 is 0 Å². The van der Waals surface area contributed by atoms with E-state index in [1.54, 1.807) is 0 Å². The summed E-state index contributed by atoms with van der Waals surface area (Å²) in [5.74, 6) is 1.49. The summed E-state index contributed by atoms with van der Waals surface area (Å²) in [4.78, 5) is 5.31. The Hall–Kier alpha value is -2.63. The van der Waals surface area contributed by atoms with E-state index in [0.717, 1.165) is 12.1 Å². The standard InChI is InChI=1S/C29H28NP/c1-29(2)23-17-22-13-14-24(30-28(22)25(29)18-23)19-31-26(20-9-5-3-6-10-20)15-16-27(31)21-11-7-4-8-12-21/h3-16,23,25H,17-19H2,1-2H3/t23-,25-/m0/s1. The summed E-state index contributed by atoms with van der Waals surface area (Å²) >= 11 is 0. The normalized spacial score (nSPS) is 20.7. The first-order chi connectivity index (χ1) is 15.1. The highest BCUT2D eigenvalue weighted by Gasteiger charge is 2.53. The Morgan fingerprint density at radius 2 is 1.42 bits per heavy atom. The predicted molar refractivity (Wildman–Crippen MR) is 132 cm³/mol. The Bertz CT molecular complexity index is 1180. The van der Waals surface area contributed by atoms with Crippen LogP contribution in [0.2, 0.25) is 0 Å². The van der Waals surface area contributed by atoms with E-state index in [-0.39, 0.29) is 0 Å². The molecule has 31 heavy (non-hydrogen) atoms. The molecule has 0 spiro atoms. The highest BCUT2D eigenvalue weighted by atomic mass is 31.1. The van der Waals surface area contributed by atoms with Crippen LogP contribution in [0.25, 0.3) is 21.7 Å². The molecule has 0 aliphatic heterocycles. The van der Waals surface area contributed by atoms with Crippen LogP contribution in [-0.4, -0.2) is 4.98 Å². The zero-order valence-corrected chi connectivity index (χ0v) is 19.1. The number of pyridine rings is 1. The van der Waals surface area contributed by atoms with Gasteiger partial charge in [-0.25, -0.2) is 0 Å². The second-order valence-corrected chi connectivity index (χ2v) is 11.9. The van der Waals surface area contributed by atoms with Crippen molar-refractivity contribution >= 4 is 7.53 Å². The summed E-state index contributed by atoms with van der Waals surface area (Å²) in [6.07, 6.45) is 3.56. The van der Waals surface area contributed by atoms with E-state index in [1.807, 2.05) is 0 Å². The molecule has 1 fully saturated rings. The van der Waals surface area contributed by atoms with Gasteiger partial charge in [-0.3, -0.25) is 4.98 Å². The molecular formula is C29H28NP. The lowest BCUT2D eigenvalue weighted by Crippen LogP contribution is -2.48. The molecule has 2 aromatic heterocycles. The lowest BCUT2D eigenvalue weighted by atomic mass is 9.48. The Morgan fingerprint density at radius 3 is 2.00 bits per heavy atom. The monoisotopic (exact) mass is 421 g/mol. The maximum absolute atomic E-state index is 5.31. The summed E-state index contributed by atoms with van der Waals surface area (Å²) in [7, 11) is -0.480. The molecule has 2 bridgehead atoms. The van der Waals surface area contributed by atoms with E-state index < -0.39 is 7.53 Å². The van der Waals surface area contributed by atoms with Gasteiger partial charge in [0.05, 0.1) is 0 Å². The van der Waals surface area contributed by atoms with Crippen molar-refractivity contribution < 1.29 is 0 Å². The van der Waals surface area contributed by atoms with Gasteiger partial charge in [0.1, 0.15) is 0 Å². The van der Waals surface area contributed by atoms with Gasteiger partial charge in [-0.15, -0.1) is 7.53 Å². The third-order valence-electron chi connectivity index (χ3n) is 7.78. The van der Waals surface area contributed by atoms with Crippen molar-refractivity contribution in [1.29, 1.82) is 0 Å². The van der Waals surface area contributed by atoms with E-state index in [1.165, 1.54) is 51.5 Å². The predicted octanol–water partition coefficient (Wildman–Crippen LogP) is 8.14. The molecule has 3 aliphatic carbocycles. The molecule has 2 atom stereocenters. The molecule has 1 nitrogen and oxygen atoms in total. The zero-order valence-electron chi connectivity index (χ0n) is 18.3. The lowest BCUT2D eigenvalue weighted by molar-refractivity contribution is 0.0154. The quantitative estimate of drug-likeness (QED) is 0.324. The maximum Gasteiger partial charge on any atom is 0.0487 e. The number of benzene rings is 2. The van der Waals surface area contributed by atoms with Crippen LogP contribution in [-0.2, 0) is 12.6 Å². The molecule has 0 unspecified atom stereocenters. The fraction of sp³-hybridized carbons (Fsp3) is 0.276. The molecular weight excluding hydrogens is 393 g/mol. The second kappa shape index (κ2) is 7.21. The van der Waals surface area contributed by atoms with E-state index >= 15 is 0 Å². The smallest absolute Gasteiger partial charge is 0.0487 e. The minimum atomic E-state index is -0.480. The summed E-state index contributed by atoms with van der Waals surface area (Å²) in [6.45, 7) is 4.88. The molecule has 2 heterocycles. The average Bonchev–Trinajstić information content (AvgIpc) is 3.23. The van der Waals surface area contributed by atoms with Crippen LogP contribution in [0.5, 0.6) is 0 Å². The fourth-order valence-corrected chi connectivity index (χ4v) is 8.25. The van der Waals surface area contributed by atoms with Crippen molar-refractivity contribution in [3.8, 4) is 21.7 Å². The third kappa shape index (κ3) is 3.10. The van der Waals surface area contributed by atoms with Crippen molar-refractivity contribution in [2.45, 2.75) is 38.8 Å². The lowest BCUT2D eigenvalue weighted by Gasteiger charge is -2.56. The van der Waals surface area contributed by atoms with Crippen LogP contribution in [0.1, 0.15) is 43.1 Å². The van der Waals surface area contributed by atoms with Gasteiger partial charge in [0, 0.05) is 34.1 Å². The van der Waals surface area contributed by atoms with Crippen molar-refractivity contribution in [2.24, 2.45) is 11.3 Å². The van der Waals surface area contributed by atoms with Gasteiger partial charge in [0.15, 0.2) is 0 Å². The second-order valence-electron chi connectivity index (χ2n) is 9.78. The molecule has 0 radical (unpaired) electrons. The molecule has 0 saturated heterocycles. The van der Waals surface area contributed by atoms with Crippen molar-refractivity contribution in [1.82, 2.24) is 4.98 Å². The molecule has 2 heteroatoms. The number of nitrogens with zero attached hydrogens (tertiary/aromatic N) is 1. The highest BCUT2D eigenvalue weighted by molar-refractivity contribution is 7.55. The molecule has 1 saturated carbocycles. The average molecular weight is 422 g/mol. The van der Waals surface area contributed by atoms with Crippen LogP contribution >= 0.6 is 7.53 Å². The minimum Gasteiger partial charge on any atom is -0.257 e. The maximum atomic E-state index is 5.31. The van der Waals surface area contributed by atoms with E-state index in [2.05, 4.69) is 98.8 Å². The van der Waals surface area contributed by atoms with Crippen molar-refractivity contribution in [2.75, 3.05) is 0 Å². The molecule has 3 aliphatic rings. The van der Waals surface area contributed by atoms with Gasteiger partial charge in [-0.2, -0.15) is 0 Å². The van der Waals surface area contributed by atoms with Gasteiger partial charge in [0.25, 0.3) is 0 Å². The van der Waals surface area contributed by atoms with Crippen molar-refractivity contribution in [3.63, 3.8) is 0 Å². The number of hydrogen-bond acceptors (Lipinski definition) is 1. The zero-order chi connectivity index (χ0) is 21.0. The first kappa shape index (κ1) is 19.1. The molecule has 0 amide bonds. The Morgan fingerprint density at radius 1 is 0.806 bits per heavy atom. The molecule has 2 aromatic carbocycles. The molecule has 154 valence electrons. The SMILES string of the molecule is CC1(C)[C@H]2Cc3ccc(Cp4c(-c5ccccc5)ccc4-c4ccccc4)nc3[C@@H]1C2. The Labute approximate surface area is 186 Å². The summed E-state index contributed by atoms with van der Waals surface area (Å²) in [5.41, 5.74) is 7.27.